The molecule has 0 aliphatic carbocycles. The summed E-state index contributed by atoms with van der Waals surface area (Å²) >= 11 is 0. The molecule has 0 fully saturated rings. The standard InChI is InChI=1S/C17H18O2/c1-14-9-10-17(16(12-14)13-18)19-11-5-8-15-6-3-2-4-7-15/h2-4,6-7,9-10,12-13H,5,8,11H2,1H3. The minimum absolute atomic E-state index is 0.624. The molecule has 0 aliphatic heterocycles. The van der Waals surface area contributed by atoms with Gasteiger partial charge in [-0.1, -0.05) is 42.0 Å². The van der Waals surface area contributed by atoms with Gasteiger partial charge in [-0.15, -0.1) is 0 Å². The molecule has 2 nitrogen and oxygen atoms in total. The molecule has 0 bridgehead atoms. The number of aldehydes is 1. The van der Waals surface area contributed by atoms with Crippen molar-refractivity contribution in [2.45, 2.75) is 19.8 Å². The maximum Gasteiger partial charge on any atom is 0.153 e. The first-order valence-corrected chi connectivity index (χ1v) is 6.52. The van der Waals surface area contributed by atoms with Crippen molar-refractivity contribution in [3.63, 3.8) is 0 Å². The molecule has 2 aromatic carbocycles. The van der Waals surface area contributed by atoms with E-state index in [1.807, 2.05) is 43.3 Å². The number of ether oxygens (including phenoxy) is 1. The molecule has 0 amide bonds. The Kier molecular flexibility index (Phi) is 4.73. The number of carbonyl (C=O) groups excluding carboxylic acids is 1. The van der Waals surface area contributed by atoms with Gasteiger partial charge in [0.25, 0.3) is 0 Å². The SMILES string of the molecule is Cc1ccc(OCCCc2ccccc2)c(C=O)c1. The van der Waals surface area contributed by atoms with Crippen LogP contribution in [0.15, 0.2) is 48.5 Å². The number of carbonyl (C=O) groups is 1. The van der Waals surface area contributed by atoms with E-state index in [1.54, 1.807) is 0 Å². The van der Waals surface area contributed by atoms with Crippen molar-refractivity contribution < 1.29 is 9.53 Å². The lowest BCUT2D eigenvalue weighted by Gasteiger charge is -2.09. The maximum absolute atomic E-state index is 11.0. The summed E-state index contributed by atoms with van der Waals surface area (Å²) in [5, 5.41) is 0. The van der Waals surface area contributed by atoms with E-state index in [0.717, 1.165) is 24.7 Å². The third-order valence-electron chi connectivity index (χ3n) is 3.00. The van der Waals surface area contributed by atoms with Gasteiger partial charge in [-0.3, -0.25) is 4.79 Å². The Labute approximate surface area is 114 Å². The highest BCUT2D eigenvalue weighted by atomic mass is 16.5. The molecule has 0 saturated heterocycles. The van der Waals surface area contributed by atoms with Gasteiger partial charge in [-0.05, 0) is 37.5 Å². The monoisotopic (exact) mass is 254 g/mol. The van der Waals surface area contributed by atoms with Gasteiger partial charge >= 0.3 is 0 Å². The highest BCUT2D eigenvalue weighted by molar-refractivity contribution is 5.79. The molecule has 2 heteroatoms. The molecule has 98 valence electrons. The quantitative estimate of drug-likeness (QED) is 0.578. The van der Waals surface area contributed by atoms with E-state index in [0.29, 0.717) is 17.9 Å². The van der Waals surface area contributed by atoms with Crippen LogP contribution in [0.5, 0.6) is 5.75 Å². The zero-order chi connectivity index (χ0) is 13.5. The fraction of sp³-hybridized carbons (Fsp3) is 0.235. The predicted molar refractivity (Wildman–Crippen MR) is 76.8 cm³/mol. The van der Waals surface area contributed by atoms with E-state index in [-0.39, 0.29) is 0 Å². The normalized spacial score (nSPS) is 10.2. The molecule has 0 aliphatic rings. The Morgan fingerprint density at radius 2 is 1.89 bits per heavy atom. The van der Waals surface area contributed by atoms with E-state index in [9.17, 15) is 4.79 Å². The molecule has 19 heavy (non-hydrogen) atoms. The Morgan fingerprint density at radius 1 is 1.11 bits per heavy atom. The Hall–Kier alpha value is -2.09. The van der Waals surface area contributed by atoms with Gasteiger partial charge < -0.3 is 4.74 Å². The maximum atomic E-state index is 11.0. The largest absolute Gasteiger partial charge is 0.493 e. The molecule has 2 rings (SSSR count). The van der Waals surface area contributed by atoms with E-state index >= 15 is 0 Å². The number of aryl methyl sites for hydroxylation is 2. The van der Waals surface area contributed by atoms with Crippen molar-refractivity contribution in [1.29, 1.82) is 0 Å². The van der Waals surface area contributed by atoms with Crippen LogP contribution in [0.4, 0.5) is 0 Å². The number of rotatable bonds is 6. The summed E-state index contributed by atoms with van der Waals surface area (Å²) in [6.07, 6.45) is 2.78. The van der Waals surface area contributed by atoms with E-state index in [1.165, 1.54) is 5.56 Å². The van der Waals surface area contributed by atoms with Gasteiger partial charge in [-0.2, -0.15) is 0 Å². The molecular formula is C17H18O2. The molecular weight excluding hydrogens is 236 g/mol. The first kappa shape index (κ1) is 13.3. The van der Waals surface area contributed by atoms with Gasteiger partial charge in [0, 0.05) is 0 Å². The fourth-order valence-electron chi connectivity index (χ4n) is 1.99. The van der Waals surface area contributed by atoms with E-state index in [4.69, 9.17) is 4.74 Å². The van der Waals surface area contributed by atoms with Crippen LogP contribution in [0.3, 0.4) is 0 Å². The van der Waals surface area contributed by atoms with Gasteiger partial charge in [0.15, 0.2) is 6.29 Å². The minimum atomic E-state index is 0.624. The second-order valence-electron chi connectivity index (χ2n) is 4.60. The van der Waals surface area contributed by atoms with Gasteiger partial charge in [-0.25, -0.2) is 0 Å². The van der Waals surface area contributed by atoms with Crippen LogP contribution in [-0.4, -0.2) is 12.9 Å². The van der Waals surface area contributed by atoms with Crippen LogP contribution in [-0.2, 0) is 6.42 Å². The second-order valence-corrected chi connectivity index (χ2v) is 4.60. The lowest BCUT2D eigenvalue weighted by atomic mass is 10.1. The average molecular weight is 254 g/mol. The zero-order valence-electron chi connectivity index (χ0n) is 11.1. The van der Waals surface area contributed by atoms with E-state index in [2.05, 4.69) is 12.1 Å². The van der Waals surface area contributed by atoms with Crippen molar-refractivity contribution in [2.75, 3.05) is 6.61 Å². The Balaban J connectivity index is 1.84. The summed E-state index contributed by atoms with van der Waals surface area (Å²) in [4.78, 5) is 11.0. The number of hydrogen-bond acceptors (Lipinski definition) is 2. The van der Waals surface area contributed by atoms with E-state index < -0.39 is 0 Å². The van der Waals surface area contributed by atoms with Crippen LogP contribution in [0, 0.1) is 6.92 Å². The highest BCUT2D eigenvalue weighted by Crippen LogP contribution is 2.18. The summed E-state index contributed by atoms with van der Waals surface area (Å²) < 4.78 is 5.67. The average Bonchev–Trinajstić information content (AvgIpc) is 2.46. The van der Waals surface area contributed by atoms with Gasteiger partial charge in [0.1, 0.15) is 5.75 Å². The van der Waals surface area contributed by atoms with Crippen molar-refractivity contribution >= 4 is 6.29 Å². The van der Waals surface area contributed by atoms with Crippen molar-refractivity contribution in [1.82, 2.24) is 0 Å². The Bertz CT molecular complexity index is 532. The smallest absolute Gasteiger partial charge is 0.153 e. The summed E-state index contributed by atoms with van der Waals surface area (Å²) in [6.45, 7) is 2.59. The van der Waals surface area contributed by atoms with Crippen LogP contribution in [0.2, 0.25) is 0 Å². The second kappa shape index (κ2) is 6.74. The summed E-state index contributed by atoms with van der Waals surface area (Å²) in [7, 11) is 0. The molecule has 0 heterocycles. The lowest BCUT2D eigenvalue weighted by molar-refractivity contribution is 0.111. The molecule has 2 aromatic rings. The molecule has 0 spiro atoms. The molecule has 0 N–H and O–H groups in total. The Morgan fingerprint density at radius 3 is 2.63 bits per heavy atom. The lowest BCUT2D eigenvalue weighted by Crippen LogP contribution is -2.01. The van der Waals surface area contributed by atoms with Gasteiger partial charge in [0.05, 0.1) is 12.2 Å². The fourth-order valence-corrected chi connectivity index (χ4v) is 1.99. The zero-order valence-corrected chi connectivity index (χ0v) is 11.1. The molecule has 0 saturated carbocycles. The first-order valence-electron chi connectivity index (χ1n) is 6.52. The molecule has 0 unspecified atom stereocenters. The predicted octanol–water partition coefficient (Wildman–Crippen LogP) is 3.82. The van der Waals surface area contributed by atoms with Crippen LogP contribution >= 0.6 is 0 Å². The summed E-state index contributed by atoms with van der Waals surface area (Å²) in [6, 6.07) is 16.0. The number of hydrogen-bond donors (Lipinski definition) is 0. The number of benzene rings is 2. The molecule has 0 aromatic heterocycles. The summed E-state index contributed by atoms with van der Waals surface area (Å²) in [5.74, 6) is 0.675. The molecule has 0 atom stereocenters. The van der Waals surface area contributed by atoms with Crippen LogP contribution in [0.1, 0.15) is 27.9 Å². The van der Waals surface area contributed by atoms with Crippen molar-refractivity contribution in [3.05, 3.63) is 65.2 Å². The third kappa shape index (κ3) is 3.95. The molecule has 0 radical (unpaired) electrons. The first-order chi connectivity index (χ1) is 9.29. The van der Waals surface area contributed by atoms with Crippen molar-refractivity contribution in [3.8, 4) is 5.75 Å². The van der Waals surface area contributed by atoms with Gasteiger partial charge in [0.2, 0.25) is 0 Å². The third-order valence-corrected chi connectivity index (χ3v) is 3.00. The minimum Gasteiger partial charge on any atom is -0.493 e. The topological polar surface area (TPSA) is 26.3 Å². The highest BCUT2D eigenvalue weighted by Gasteiger charge is 2.02. The van der Waals surface area contributed by atoms with Crippen LogP contribution < -0.4 is 4.74 Å². The van der Waals surface area contributed by atoms with Crippen molar-refractivity contribution in [2.24, 2.45) is 0 Å². The summed E-state index contributed by atoms with van der Waals surface area (Å²) in [5.41, 5.74) is 3.00. The van der Waals surface area contributed by atoms with Crippen LogP contribution in [0.25, 0.3) is 0 Å².